The molecule has 0 saturated heterocycles. The molecule has 1 aromatic heterocycles. The molecule has 0 bridgehead atoms. The maximum absolute atomic E-state index is 10.9. The molecule has 0 aromatic carbocycles. The van der Waals surface area contributed by atoms with Crippen molar-refractivity contribution in [3.05, 3.63) is 23.2 Å². The van der Waals surface area contributed by atoms with Crippen LogP contribution >= 0.6 is 0 Å². The van der Waals surface area contributed by atoms with Crippen molar-refractivity contribution in [3.63, 3.8) is 0 Å². The van der Waals surface area contributed by atoms with Gasteiger partial charge in [0.05, 0.1) is 6.54 Å². The number of nitrogens with one attached hydrogen (secondary N) is 1. The van der Waals surface area contributed by atoms with Gasteiger partial charge < -0.3 is 19.9 Å². The van der Waals surface area contributed by atoms with Crippen molar-refractivity contribution < 1.29 is 19.4 Å². The first kappa shape index (κ1) is 15.7. The zero-order chi connectivity index (χ0) is 14.6. The van der Waals surface area contributed by atoms with Gasteiger partial charge in [-0.1, -0.05) is 20.8 Å². The summed E-state index contributed by atoms with van der Waals surface area (Å²) in [5.74, 6) is 0.0380. The maximum Gasteiger partial charge on any atom is 0.339 e. The van der Waals surface area contributed by atoms with Crippen LogP contribution < -0.4 is 5.32 Å². The van der Waals surface area contributed by atoms with Crippen molar-refractivity contribution in [2.75, 3.05) is 6.61 Å². The number of carbonyl (C=O) groups is 1. The van der Waals surface area contributed by atoms with E-state index in [1.807, 2.05) is 0 Å². The zero-order valence-electron chi connectivity index (χ0n) is 12.0. The number of aromatic carboxylic acids is 1. The van der Waals surface area contributed by atoms with E-state index in [1.165, 1.54) is 0 Å². The molecule has 108 valence electrons. The van der Waals surface area contributed by atoms with E-state index >= 15 is 0 Å². The molecule has 1 aromatic rings. The predicted molar refractivity (Wildman–Crippen MR) is 72.2 cm³/mol. The minimum absolute atomic E-state index is 0.0139. The van der Waals surface area contributed by atoms with Crippen molar-refractivity contribution in [3.8, 4) is 0 Å². The summed E-state index contributed by atoms with van der Waals surface area (Å²) < 4.78 is 5.41. The van der Waals surface area contributed by atoms with Gasteiger partial charge in [0.1, 0.15) is 17.1 Å². The Balaban J connectivity index is 2.69. The van der Waals surface area contributed by atoms with Crippen LogP contribution in [-0.2, 0) is 6.54 Å². The summed E-state index contributed by atoms with van der Waals surface area (Å²) in [6.07, 6.45) is 0.648. The van der Waals surface area contributed by atoms with Gasteiger partial charge in [0.15, 0.2) is 0 Å². The molecule has 0 saturated carbocycles. The molecular formula is C14H23NO4. The number of aryl methyl sites for hydroxylation is 1. The second-order valence-electron chi connectivity index (χ2n) is 5.80. The lowest BCUT2D eigenvalue weighted by atomic mass is 9.85. The van der Waals surface area contributed by atoms with E-state index in [0.717, 1.165) is 0 Å². The first-order valence-electron chi connectivity index (χ1n) is 6.42. The normalized spacial score (nSPS) is 13.5. The number of hydrogen-bond donors (Lipinski definition) is 3. The average molecular weight is 269 g/mol. The van der Waals surface area contributed by atoms with E-state index in [9.17, 15) is 4.79 Å². The van der Waals surface area contributed by atoms with E-state index in [1.54, 1.807) is 13.0 Å². The summed E-state index contributed by atoms with van der Waals surface area (Å²) in [6.45, 7) is 8.49. The summed E-state index contributed by atoms with van der Waals surface area (Å²) in [7, 11) is 0. The second kappa shape index (κ2) is 6.21. The van der Waals surface area contributed by atoms with Gasteiger partial charge in [0.2, 0.25) is 0 Å². The quantitative estimate of drug-likeness (QED) is 0.737. The zero-order valence-corrected chi connectivity index (χ0v) is 12.0. The standard InChI is InChI=1S/C14H23NO4/c1-9-11(13(17)18)7-10(19-9)8-15-12(5-6-16)14(2,3)4/h7,12,15-16H,5-6,8H2,1-4H3,(H,17,18). The summed E-state index contributed by atoms with van der Waals surface area (Å²) in [5.41, 5.74) is 0.214. The Labute approximate surface area is 113 Å². The van der Waals surface area contributed by atoms with Gasteiger partial charge in [0, 0.05) is 12.6 Å². The van der Waals surface area contributed by atoms with Crippen molar-refractivity contribution in [1.29, 1.82) is 0 Å². The Hall–Kier alpha value is -1.33. The molecule has 0 amide bonds. The maximum atomic E-state index is 10.9. The Kier molecular flexibility index (Phi) is 5.14. The highest BCUT2D eigenvalue weighted by molar-refractivity contribution is 5.88. The average Bonchev–Trinajstić information content (AvgIpc) is 2.64. The summed E-state index contributed by atoms with van der Waals surface area (Å²) in [6, 6.07) is 1.68. The molecule has 0 radical (unpaired) electrons. The fourth-order valence-corrected chi connectivity index (χ4v) is 2.04. The molecule has 0 fully saturated rings. The first-order valence-corrected chi connectivity index (χ1v) is 6.42. The van der Waals surface area contributed by atoms with E-state index < -0.39 is 5.97 Å². The van der Waals surface area contributed by atoms with Crippen LogP contribution in [-0.4, -0.2) is 28.8 Å². The molecule has 1 rings (SSSR count). The Morgan fingerprint density at radius 1 is 1.47 bits per heavy atom. The minimum Gasteiger partial charge on any atom is -0.478 e. The monoisotopic (exact) mass is 269 g/mol. The van der Waals surface area contributed by atoms with Crippen molar-refractivity contribution in [2.24, 2.45) is 5.41 Å². The van der Waals surface area contributed by atoms with Crippen LogP contribution in [0.4, 0.5) is 0 Å². The van der Waals surface area contributed by atoms with Crippen LogP contribution in [0.1, 0.15) is 49.1 Å². The lowest BCUT2D eigenvalue weighted by Crippen LogP contribution is -2.40. The van der Waals surface area contributed by atoms with Crippen LogP contribution in [0.15, 0.2) is 10.5 Å². The van der Waals surface area contributed by atoms with Gasteiger partial charge in [0.25, 0.3) is 0 Å². The molecule has 19 heavy (non-hydrogen) atoms. The number of carboxylic acids is 1. The molecule has 0 aliphatic rings. The van der Waals surface area contributed by atoms with Gasteiger partial charge in [-0.25, -0.2) is 4.79 Å². The SMILES string of the molecule is Cc1oc(CNC(CCO)C(C)(C)C)cc1C(=O)O. The largest absolute Gasteiger partial charge is 0.478 e. The van der Waals surface area contributed by atoms with E-state index in [0.29, 0.717) is 24.5 Å². The molecule has 0 spiro atoms. The molecule has 5 heteroatoms. The highest BCUT2D eigenvalue weighted by Gasteiger charge is 2.24. The third-order valence-electron chi connectivity index (χ3n) is 3.19. The Morgan fingerprint density at radius 3 is 2.53 bits per heavy atom. The van der Waals surface area contributed by atoms with Gasteiger partial charge in [-0.2, -0.15) is 0 Å². The van der Waals surface area contributed by atoms with Crippen LogP contribution in [0, 0.1) is 12.3 Å². The molecular weight excluding hydrogens is 246 g/mol. The fourth-order valence-electron chi connectivity index (χ4n) is 2.04. The highest BCUT2D eigenvalue weighted by atomic mass is 16.4. The van der Waals surface area contributed by atoms with Gasteiger partial charge >= 0.3 is 5.97 Å². The lowest BCUT2D eigenvalue weighted by Gasteiger charge is -2.31. The van der Waals surface area contributed by atoms with Gasteiger partial charge in [-0.15, -0.1) is 0 Å². The molecule has 1 atom stereocenters. The number of rotatable bonds is 6. The highest BCUT2D eigenvalue weighted by Crippen LogP contribution is 2.22. The molecule has 5 nitrogen and oxygen atoms in total. The molecule has 0 aliphatic carbocycles. The summed E-state index contributed by atoms with van der Waals surface area (Å²) in [4.78, 5) is 10.9. The van der Waals surface area contributed by atoms with Crippen LogP contribution in [0.5, 0.6) is 0 Å². The topological polar surface area (TPSA) is 82.7 Å². The summed E-state index contributed by atoms with van der Waals surface area (Å²) >= 11 is 0. The van der Waals surface area contributed by atoms with Crippen LogP contribution in [0.2, 0.25) is 0 Å². The lowest BCUT2D eigenvalue weighted by molar-refractivity contribution is 0.0695. The number of furan rings is 1. The van der Waals surface area contributed by atoms with E-state index in [2.05, 4.69) is 26.1 Å². The number of aliphatic hydroxyl groups is 1. The first-order chi connectivity index (χ1) is 8.75. The molecule has 1 unspecified atom stereocenters. The number of carboxylic acid groups (broad SMARTS) is 1. The van der Waals surface area contributed by atoms with E-state index in [4.69, 9.17) is 14.6 Å². The Bertz CT molecular complexity index is 431. The van der Waals surface area contributed by atoms with Crippen molar-refractivity contribution in [2.45, 2.75) is 46.7 Å². The number of aliphatic hydroxyl groups excluding tert-OH is 1. The summed E-state index contributed by atoms with van der Waals surface area (Å²) in [5, 5.41) is 21.3. The van der Waals surface area contributed by atoms with Gasteiger partial charge in [-0.05, 0) is 24.8 Å². The third-order valence-corrected chi connectivity index (χ3v) is 3.19. The minimum atomic E-state index is -0.977. The van der Waals surface area contributed by atoms with E-state index in [-0.39, 0.29) is 23.6 Å². The smallest absolute Gasteiger partial charge is 0.339 e. The van der Waals surface area contributed by atoms with Crippen molar-refractivity contribution in [1.82, 2.24) is 5.32 Å². The Morgan fingerprint density at radius 2 is 2.11 bits per heavy atom. The van der Waals surface area contributed by atoms with Crippen LogP contribution in [0.25, 0.3) is 0 Å². The molecule has 0 aliphatic heterocycles. The third kappa shape index (κ3) is 4.36. The number of hydrogen-bond acceptors (Lipinski definition) is 4. The predicted octanol–water partition coefficient (Wildman–Crippen LogP) is 2.17. The van der Waals surface area contributed by atoms with Crippen molar-refractivity contribution >= 4 is 5.97 Å². The second-order valence-corrected chi connectivity index (χ2v) is 5.80. The molecule has 1 heterocycles. The van der Waals surface area contributed by atoms with Gasteiger partial charge in [-0.3, -0.25) is 0 Å². The van der Waals surface area contributed by atoms with Crippen LogP contribution in [0.3, 0.4) is 0 Å². The molecule has 3 N–H and O–H groups in total. The fraction of sp³-hybridized carbons (Fsp3) is 0.643.